The molecule has 0 aliphatic carbocycles. The Morgan fingerprint density at radius 3 is 2.70 bits per heavy atom. The molecule has 1 aromatic heterocycles. The van der Waals surface area contributed by atoms with E-state index >= 15 is 0 Å². The molecule has 0 saturated carbocycles. The SMILES string of the molecule is Cc1nc2c(c(NCC(O)C(F)(F)F)n1)CCNCC2. The van der Waals surface area contributed by atoms with Crippen molar-refractivity contribution >= 4 is 5.82 Å². The highest BCUT2D eigenvalue weighted by molar-refractivity contribution is 5.47. The van der Waals surface area contributed by atoms with Crippen molar-refractivity contribution in [1.82, 2.24) is 15.3 Å². The van der Waals surface area contributed by atoms with E-state index in [9.17, 15) is 13.2 Å². The lowest BCUT2D eigenvalue weighted by Crippen LogP contribution is -2.35. The van der Waals surface area contributed by atoms with Gasteiger partial charge in [-0.25, -0.2) is 9.97 Å². The van der Waals surface area contributed by atoms with Gasteiger partial charge in [0.15, 0.2) is 6.10 Å². The molecule has 2 rings (SSSR count). The lowest BCUT2D eigenvalue weighted by molar-refractivity contribution is -0.198. The van der Waals surface area contributed by atoms with Crippen molar-refractivity contribution in [3.05, 3.63) is 17.1 Å². The summed E-state index contributed by atoms with van der Waals surface area (Å²) < 4.78 is 36.9. The first kappa shape index (κ1) is 15.0. The van der Waals surface area contributed by atoms with Crippen LogP contribution < -0.4 is 10.6 Å². The lowest BCUT2D eigenvalue weighted by Gasteiger charge is -2.18. The minimum Gasteiger partial charge on any atom is -0.382 e. The topological polar surface area (TPSA) is 70.1 Å². The Labute approximate surface area is 114 Å². The minimum absolute atomic E-state index is 0.388. The number of aliphatic hydroxyl groups is 1. The Bertz CT molecular complexity index is 479. The number of hydrogen-bond acceptors (Lipinski definition) is 5. The van der Waals surface area contributed by atoms with Crippen LogP contribution in [0.4, 0.5) is 19.0 Å². The molecule has 1 aromatic rings. The Balaban J connectivity index is 2.17. The van der Waals surface area contributed by atoms with Crippen LogP contribution in [0.2, 0.25) is 0 Å². The summed E-state index contributed by atoms with van der Waals surface area (Å²) in [6.45, 7) is 2.60. The van der Waals surface area contributed by atoms with Crippen LogP contribution in [0.15, 0.2) is 0 Å². The Hall–Kier alpha value is -1.41. The third kappa shape index (κ3) is 3.57. The highest BCUT2D eigenvalue weighted by Crippen LogP contribution is 2.23. The van der Waals surface area contributed by atoms with Crippen LogP contribution in [0.25, 0.3) is 0 Å². The van der Waals surface area contributed by atoms with Gasteiger partial charge in [-0.1, -0.05) is 0 Å². The molecule has 1 unspecified atom stereocenters. The van der Waals surface area contributed by atoms with Gasteiger partial charge in [-0.3, -0.25) is 0 Å². The van der Waals surface area contributed by atoms with E-state index in [0.717, 1.165) is 30.8 Å². The summed E-state index contributed by atoms with van der Waals surface area (Å²) in [5.41, 5.74) is 1.68. The third-order valence-electron chi connectivity index (χ3n) is 3.14. The summed E-state index contributed by atoms with van der Waals surface area (Å²) in [6.07, 6.45) is -5.67. The molecule has 0 saturated heterocycles. The molecule has 1 atom stereocenters. The van der Waals surface area contributed by atoms with Crippen LogP contribution in [-0.2, 0) is 12.8 Å². The average molecular weight is 290 g/mol. The van der Waals surface area contributed by atoms with Crippen molar-refractivity contribution in [2.24, 2.45) is 0 Å². The number of alkyl halides is 3. The van der Waals surface area contributed by atoms with E-state index in [0.29, 0.717) is 18.1 Å². The number of anilines is 1. The molecule has 3 N–H and O–H groups in total. The largest absolute Gasteiger partial charge is 0.416 e. The maximum atomic E-state index is 12.3. The fourth-order valence-electron chi connectivity index (χ4n) is 2.12. The second kappa shape index (κ2) is 5.92. The van der Waals surface area contributed by atoms with Crippen molar-refractivity contribution in [3.63, 3.8) is 0 Å². The zero-order valence-electron chi connectivity index (χ0n) is 11.1. The summed E-state index contributed by atoms with van der Waals surface area (Å²) in [6, 6.07) is 0. The zero-order chi connectivity index (χ0) is 14.8. The smallest absolute Gasteiger partial charge is 0.382 e. The maximum absolute atomic E-state index is 12.3. The fourth-order valence-corrected chi connectivity index (χ4v) is 2.12. The van der Waals surface area contributed by atoms with Gasteiger partial charge in [0.05, 0.1) is 12.2 Å². The first-order valence-electron chi connectivity index (χ1n) is 6.43. The molecule has 112 valence electrons. The number of fused-ring (bicyclic) bond motifs is 1. The second-order valence-electron chi connectivity index (χ2n) is 4.73. The summed E-state index contributed by atoms with van der Waals surface area (Å²) >= 11 is 0. The minimum atomic E-state index is -4.63. The molecular weight excluding hydrogens is 273 g/mol. The van der Waals surface area contributed by atoms with E-state index < -0.39 is 18.8 Å². The Morgan fingerprint density at radius 2 is 2.00 bits per heavy atom. The maximum Gasteiger partial charge on any atom is 0.416 e. The molecule has 2 heterocycles. The van der Waals surface area contributed by atoms with Crippen molar-refractivity contribution < 1.29 is 18.3 Å². The number of aromatic nitrogens is 2. The average Bonchev–Trinajstić information content (AvgIpc) is 2.59. The van der Waals surface area contributed by atoms with E-state index in [-0.39, 0.29) is 0 Å². The zero-order valence-corrected chi connectivity index (χ0v) is 11.1. The van der Waals surface area contributed by atoms with Gasteiger partial charge in [0.2, 0.25) is 0 Å². The van der Waals surface area contributed by atoms with Crippen molar-refractivity contribution in [2.75, 3.05) is 25.0 Å². The molecule has 0 radical (unpaired) electrons. The van der Waals surface area contributed by atoms with Crippen molar-refractivity contribution in [3.8, 4) is 0 Å². The number of aryl methyl sites for hydroxylation is 1. The van der Waals surface area contributed by atoms with Gasteiger partial charge in [-0.15, -0.1) is 0 Å². The Kier molecular flexibility index (Phi) is 4.44. The van der Waals surface area contributed by atoms with E-state index in [1.165, 1.54) is 0 Å². The van der Waals surface area contributed by atoms with Crippen molar-refractivity contribution in [1.29, 1.82) is 0 Å². The highest BCUT2D eigenvalue weighted by atomic mass is 19.4. The normalized spacial score (nSPS) is 17.2. The molecule has 1 aliphatic rings. The number of aliphatic hydroxyl groups excluding tert-OH is 1. The van der Waals surface area contributed by atoms with Gasteiger partial charge in [-0.2, -0.15) is 13.2 Å². The summed E-state index contributed by atoms with van der Waals surface area (Å²) in [4.78, 5) is 8.49. The van der Waals surface area contributed by atoms with Crippen molar-refractivity contribution in [2.45, 2.75) is 32.0 Å². The van der Waals surface area contributed by atoms with E-state index in [1.54, 1.807) is 6.92 Å². The van der Waals surface area contributed by atoms with Crippen LogP contribution in [0.5, 0.6) is 0 Å². The van der Waals surface area contributed by atoms with E-state index in [2.05, 4.69) is 20.6 Å². The van der Waals surface area contributed by atoms with E-state index in [4.69, 9.17) is 5.11 Å². The number of nitrogens with one attached hydrogen (secondary N) is 2. The summed E-state index contributed by atoms with van der Waals surface area (Å²) in [5, 5.41) is 14.8. The van der Waals surface area contributed by atoms with Crippen LogP contribution >= 0.6 is 0 Å². The lowest BCUT2D eigenvalue weighted by atomic mass is 10.1. The molecule has 0 fully saturated rings. The van der Waals surface area contributed by atoms with Gasteiger partial charge in [0.1, 0.15) is 11.6 Å². The first-order chi connectivity index (χ1) is 9.38. The van der Waals surface area contributed by atoms with Gasteiger partial charge < -0.3 is 15.7 Å². The first-order valence-corrected chi connectivity index (χ1v) is 6.43. The van der Waals surface area contributed by atoms with Crippen LogP contribution in [0.1, 0.15) is 17.1 Å². The molecule has 0 bridgehead atoms. The quantitative estimate of drug-likeness (QED) is 0.768. The van der Waals surface area contributed by atoms with Gasteiger partial charge >= 0.3 is 6.18 Å². The molecule has 0 spiro atoms. The number of halogens is 3. The molecule has 1 aliphatic heterocycles. The van der Waals surface area contributed by atoms with Crippen LogP contribution in [0, 0.1) is 6.92 Å². The molecule has 20 heavy (non-hydrogen) atoms. The number of hydrogen-bond donors (Lipinski definition) is 3. The van der Waals surface area contributed by atoms with Crippen LogP contribution in [-0.4, -0.2) is 47.0 Å². The standard InChI is InChI=1S/C12H17F3N4O/c1-7-18-9-3-5-16-4-2-8(9)11(19-7)17-6-10(20)12(13,14)15/h10,16,20H,2-6H2,1H3,(H,17,18,19). The summed E-state index contributed by atoms with van der Waals surface area (Å²) in [7, 11) is 0. The van der Waals surface area contributed by atoms with E-state index in [1.807, 2.05) is 0 Å². The van der Waals surface area contributed by atoms with Gasteiger partial charge in [-0.05, 0) is 19.9 Å². The van der Waals surface area contributed by atoms with Gasteiger partial charge in [0.25, 0.3) is 0 Å². The number of rotatable bonds is 3. The molecular formula is C12H17F3N4O. The number of nitrogens with zero attached hydrogens (tertiary/aromatic N) is 2. The predicted octanol–water partition coefficient (Wildman–Crippen LogP) is 0.808. The monoisotopic (exact) mass is 290 g/mol. The highest BCUT2D eigenvalue weighted by Gasteiger charge is 2.38. The third-order valence-corrected chi connectivity index (χ3v) is 3.14. The van der Waals surface area contributed by atoms with Gasteiger partial charge in [0, 0.05) is 18.5 Å². The van der Waals surface area contributed by atoms with Crippen LogP contribution in [0.3, 0.4) is 0 Å². The molecule has 8 heteroatoms. The second-order valence-corrected chi connectivity index (χ2v) is 4.73. The molecule has 0 amide bonds. The molecule has 5 nitrogen and oxygen atoms in total. The molecule has 0 aromatic carbocycles. The fraction of sp³-hybridized carbons (Fsp3) is 0.667. The predicted molar refractivity (Wildman–Crippen MR) is 67.6 cm³/mol. The summed E-state index contributed by atoms with van der Waals surface area (Å²) in [5.74, 6) is 0.897. The Morgan fingerprint density at radius 1 is 1.30 bits per heavy atom.